The van der Waals surface area contributed by atoms with Gasteiger partial charge in [0, 0.05) is 11.4 Å². The van der Waals surface area contributed by atoms with Crippen LogP contribution in [0.2, 0.25) is 5.02 Å². The molecule has 2 aromatic carbocycles. The molecule has 0 saturated carbocycles. The Morgan fingerprint density at radius 1 is 1.24 bits per heavy atom. The molecular formula is C20H19ClN4O3S. The van der Waals surface area contributed by atoms with Gasteiger partial charge in [-0.3, -0.25) is 9.59 Å². The Balaban J connectivity index is 1.61. The minimum absolute atomic E-state index is 0.00739. The molecule has 29 heavy (non-hydrogen) atoms. The molecule has 1 atom stereocenters. The van der Waals surface area contributed by atoms with Crippen LogP contribution >= 0.6 is 23.4 Å². The van der Waals surface area contributed by atoms with Crippen LogP contribution in [0.4, 0.5) is 5.69 Å². The zero-order valence-corrected chi connectivity index (χ0v) is 17.4. The van der Waals surface area contributed by atoms with Crippen molar-refractivity contribution in [1.82, 2.24) is 5.32 Å². The van der Waals surface area contributed by atoms with Crippen LogP contribution in [0.3, 0.4) is 0 Å². The van der Waals surface area contributed by atoms with E-state index in [1.54, 1.807) is 30.3 Å². The largest absolute Gasteiger partial charge is 0.495 e. The number of ether oxygens (including phenoxy) is 1. The molecule has 150 valence electrons. The molecule has 0 aromatic heterocycles. The average molecular weight is 431 g/mol. The first-order valence-corrected chi connectivity index (χ1v) is 10.0. The lowest BCUT2D eigenvalue weighted by molar-refractivity contribution is -0.122. The first-order chi connectivity index (χ1) is 14.0. The number of methoxy groups -OCH3 is 1. The van der Waals surface area contributed by atoms with Crippen molar-refractivity contribution in [3.05, 3.63) is 59.1 Å². The summed E-state index contributed by atoms with van der Waals surface area (Å²) >= 11 is 7.06. The van der Waals surface area contributed by atoms with Gasteiger partial charge in [0.1, 0.15) is 11.0 Å². The van der Waals surface area contributed by atoms with Crippen LogP contribution in [0.25, 0.3) is 0 Å². The highest BCUT2D eigenvalue weighted by molar-refractivity contribution is 8.15. The van der Waals surface area contributed by atoms with E-state index in [9.17, 15) is 9.59 Å². The predicted octanol–water partition coefficient (Wildman–Crippen LogP) is 3.69. The second-order valence-electron chi connectivity index (χ2n) is 6.15. The van der Waals surface area contributed by atoms with Gasteiger partial charge in [-0.05, 0) is 36.8 Å². The third-order valence-electron chi connectivity index (χ3n) is 4.08. The van der Waals surface area contributed by atoms with E-state index in [1.807, 2.05) is 25.1 Å². The Labute approximate surface area is 177 Å². The molecule has 7 nitrogen and oxygen atoms in total. The van der Waals surface area contributed by atoms with Crippen molar-refractivity contribution in [2.24, 2.45) is 10.2 Å². The molecule has 0 radical (unpaired) electrons. The number of amidine groups is 1. The lowest BCUT2D eigenvalue weighted by Gasteiger charge is -2.10. The van der Waals surface area contributed by atoms with Crippen LogP contribution in [0.15, 0.2) is 58.7 Å². The lowest BCUT2D eigenvalue weighted by Crippen LogP contribution is -2.28. The number of benzene rings is 2. The second-order valence-corrected chi connectivity index (χ2v) is 7.77. The predicted molar refractivity (Wildman–Crippen MR) is 117 cm³/mol. The molecule has 9 heteroatoms. The molecule has 0 unspecified atom stereocenters. The van der Waals surface area contributed by atoms with E-state index in [-0.39, 0.29) is 18.2 Å². The van der Waals surface area contributed by atoms with Crippen molar-refractivity contribution in [2.75, 3.05) is 12.4 Å². The van der Waals surface area contributed by atoms with Crippen molar-refractivity contribution >= 4 is 51.7 Å². The third kappa shape index (κ3) is 5.58. The van der Waals surface area contributed by atoms with Crippen molar-refractivity contribution in [3.63, 3.8) is 0 Å². The topological polar surface area (TPSA) is 92.2 Å². The molecule has 2 N–H and O–H groups in total. The molecule has 0 spiro atoms. The van der Waals surface area contributed by atoms with Crippen molar-refractivity contribution < 1.29 is 14.3 Å². The highest BCUT2D eigenvalue weighted by atomic mass is 35.5. The molecular weight excluding hydrogens is 412 g/mol. The van der Waals surface area contributed by atoms with Gasteiger partial charge in [-0.25, -0.2) is 0 Å². The summed E-state index contributed by atoms with van der Waals surface area (Å²) in [6.07, 6.45) is 0.00739. The summed E-state index contributed by atoms with van der Waals surface area (Å²) in [5, 5.41) is 14.1. The monoisotopic (exact) mass is 430 g/mol. The van der Waals surface area contributed by atoms with Crippen LogP contribution in [-0.4, -0.2) is 35.1 Å². The minimum atomic E-state index is -0.575. The first kappa shape index (κ1) is 20.9. The van der Waals surface area contributed by atoms with Gasteiger partial charge in [0.05, 0.1) is 18.5 Å². The maximum Gasteiger partial charge on any atom is 0.240 e. The summed E-state index contributed by atoms with van der Waals surface area (Å²) in [5.74, 6) is -0.00819. The van der Waals surface area contributed by atoms with Crippen molar-refractivity contribution in [1.29, 1.82) is 0 Å². The van der Waals surface area contributed by atoms with Gasteiger partial charge in [-0.1, -0.05) is 47.6 Å². The summed E-state index contributed by atoms with van der Waals surface area (Å²) in [7, 11) is 1.53. The van der Waals surface area contributed by atoms with Crippen LogP contribution in [0.1, 0.15) is 18.9 Å². The molecule has 1 heterocycles. The number of para-hydroxylation sites is 2. The minimum Gasteiger partial charge on any atom is -0.495 e. The van der Waals surface area contributed by atoms with Gasteiger partial charge in [0.15, 0.2) is 5.17 Å². The van der Waals surface area contributed by atoms with Crippen LogP contribution in [0, 0.1) is 0 Å². The van der Waals surface area contributed by atoms with Crippen LogP contribution in [0.5, 0.6) is 5.75 Å². The van der Waals surface area contributed by atoms with Gasteiger partial charge >= 0.3 is 0 Å². The fourth-order valence-electron chi connectivity index (χ4n) is 2.57. The molecule has 1 fully saturated rings. The molecule has 2 aromatic rings. The normalized spacial score (nSPS) is 17.9. The second kappa shape index (κ2) is 9.58. The van der Waals surface area contributed by atoms with Gasteiger partial charge in [-0.15, -0.1) is 5.10 Å². The van der Waals surface area contributed by atoms with E-state index in [4.69, 9.17) is 16.3 Å². The number of amides is 2. The molecule has 2 amide bonds. The van der Waals surface area contributed by atoms with E-state index in [0.29, 0.717) is 27.3 Å². The zero-order chi connectivity index (χ0) is 20.8. The number of rotatable bonds is 6. The third-order valence-corrected chi connectivity index (χ3v) is 5.41. The fourth-order valence-corrected chi connectivity index (χ4v) is 3.62. The quantitative estimate of drug-likeness (QED) is 0.540. The summed E-state index contributed by atoms with van der Waals surface area (Å²) in [5.41, 5.74) is 2.11. The SMILES string of the molecule is COc1ccccc1NC(=O)C[C@H]1S/C(=N/N=C(\C)c2ccc(Cl)cc2)NC1=O. The number of hydrogen-bond acceptors (Lipinski definition) is 6. The van der Waals surface area contributed by atoms with E-state index < -0.39 is 5.25 Å². The number of carbonyl (C=O) groups is 2. The molecule has 0 bridgehead atoms. The molecule has 1 saturated heterocycles. The number of nitrogens with zero attached hydrogens (tertiary/aromatic N) is 2. The molecule has 1 aliphatic rings. The van der Waals surface area contributed by atoms with Crippen molar-refractivity contribution in [2.45, 2.75) is 18.6 Å². The van der Waals surface area contributed by atoms with Gasteiger partial charge in [0.25, 0.3) is 0 Å². The molecule has 3 rings (SSSR count). The number of nitrogens with one attached hydrogen (secondary N) is 2. The molecule has 1 aliphatic heterocycles. The van der Waals surface area contributed by atoms with E-state index in [2.05, 4.69) is 20.8 Å². The fraction of sp³-hybridized carbons (Fsp3) is 0.200. The van der Waals surface area contributed by atoms with E-state index >= 15 is 0 Å². The highest BCUT2D eigenvalue weighted by Gasteiger charge is 2.32. The van der Waals surface area contributed by atoms with E-state index in [0.717, 1.165) is 5.56 Å². The number of anilines is 1. The highest BCUT2D eigenvalue weighted by Crippen LogP contribution is 2.26. The number of carbonyl (C=O) groups excluding carboxylic acids is 2. The van der Waals surface area contributed by atoms with E-state index in [1.165, 1.54) is 18.9 Å². The maximum absolute atomic E-state index is 12.3. The number of thioether (sulfide) groups is 1. The van der Waals surface area contributed by atoms with Crippen LogP contribution < -0.4 is 15.4 Å². The Morgan fingerprint density at radius 2 is 1.97 bits per heavy atom. The van der Waals surface area contributed by atoms with Gasteiger partial charge in [0.2, 0.25) is 11.8 Å². The maximum atomic E-state index is 12.3. The number of halogens is 1. The lowest BCUT2D eigenvalue weighted by atomic mass is 10.1. The van der Waals surface area contributed by atoms with Gasteiger partial charge in [-0.2, -0.15) is 5.10 Å². The Hall–Kier alpha value is -2.84. The van der Waals surface area contributed by atoms with Crippen molar-refractivity contribution in [3.8, 4) is 5.75 Å². The smallest absolute Gasteiger partial charge is 0.240 e. The van der Waals surface area contributed by atoms with Gasteiger partial charge < -0.3 is 15.4 Å². The summed E-state index contributed by atoms with van der Waals surface area (Å²) < 4.78 is 5.21. The number of hydrogen-bond donors (Lipinski definition) is 2. The standard InChI is InChI=1S/C20H19ClN4O3S/c1-12(13-7-9-14(21)10-8-13)24-25-20-23-19(27)17(29-20)11-18(26)22-15-5-3-4-6-16(15)28-2/h3-10,17H,11H2,1-2H3,(H,22,26)(H,23,25,27)/b24-12+/t17-/m1/s1. The summed E-state index contributed by atoms with van der Waals surface area (Å²) in [4.78, 5) is 24.5. The Bertz CT molecular complexity index is 976. The molecule has 0 aliphatic carbocycles. The summed E-state index contributed by atoms with van der Waals surface area (Å²) in [6.45, 7) is 1.81. The zero-order valence-electron chi connectivity index (χ0n) is 15.8. The Morgan fingerprint density at radius 3 is 2.69 bits per heavy atom. The van der Waals surface area contributed by atoms with Crippen LogP contribution in [-0.2, 0) is 9.59 Å². The summed E-state index contributed by atoms with van der Waals surface area (Å²) in [6, 6.07) is 14.3. The first-order valence-electron chi connectivity index (χ1n) is 8.75. The average Bonchev–Trinajstić information content (AvgIpc) is 3.06. The Kier molecular flexibility index (Phi) is 6.90.